The third-order valence-corrected chi connectivity index (χ3v) is 3.08. The van der Waals surface area contributed by atoms with Crippen LogP contribution in [0.4, 0.5) is 0 Å². The first kappa shape index (κ1) is 18.3. The maximum atomic E-state index is 11.7. The van der Waals surface area contributed by atoms with Crippen LogP contribution in [0.25, 0.3) is 0 Å². The van der Waals surface area contributed by atoms with E-state index in [1.54, 1.807) is 30.5 Å². The van der Waals surface area contributed by atoms with Crippen LogP contribution < -0.4 is 19.6 Å². The van der Waals surface area contributed by atoms with E-state index >= 15 is 0 Å². The van der Waals surface area contributed by atoms with Gasteiger partial charge >= 0.3 is 0 Å². The van der Waals surface area contributed by atoms with Gasteiger partial charge in [0.1, 0.15) is 17.2 Å². The lowest BCUT2D eigenvalue weighted by molar-refractivity contribution is -0.123. The van der Waals surface area contributed by atoms with Crippen LogP contribution in [-0.2, 0) is 4.79 Å². The van der Waals surface area contributed by atoms with E-state index in [0.717, 1.165) is 17.1 Å². The highest BCUT2D eigenvalue weighted by molar-refractivity contribution is 5.83. The summed E-state index contributed by atoms with van der Waals surface area (Å²) in [6.07, 6.45) is 1.55. The van der Waals surface area contributed by atoms with Gasteiger partial charge in [-0.15, -0.1) is 0 Å². The molecule has 2 aromatic rings. The molecule has 0 atom stereocenters. The first-order valence-corrected chi connectivity index (χ1v) is 8.11. The quantitative estimate of drug-likeness (QED) is 0.562. The summed E-state index contributed by atoms with van der Waals surface area (Å²) in [4.78, 5) is 11.7. The zero-order chi connectivity index (χ0) is 17.9. The molecule has 0 aliphatic heterocycles. The first-order chi connectivity index (χ1) is 12.2. The number of carbonyl (C=O) groups excluding carboxylic acids is 1. The number of nitrogens with one attached hydrogen (secondary N) is 1. The van der Waals surface area contributed by atoms with E-state index < -0.39 is 0 Å². The summed E-state index contributed by atoms with van der Waals surface area (Å²) in [5, 5.41) is 3.91. The second kappa shape index (κ2) is 9.97. The van der Waals surface area contributed by atoms with E-state index in [-0.39, 0.29) is 12.5 Å². The van der Waals surface area contributed by atoms with Crippen molar-refractivity contribution in [2.24, 2.45) is 5.10 Å². The number of benzene rings is 2. The van der Waals surface area contributed by atoms with Gasteiger partial charge in [0.2, 0.25) is 0 Å². The van der Waals surface area contributed by atoms with Gasteiger partial charge in [-0.1, -0.05) is 12.1 Å². The van der Waals surface area contributed by atoms with Gasteiger partial charge < -0.3 is 14.2 Å². The largest absolute Gasteiger partial charge is 0.494 e. The van der Waals surface area contributed by atoms with Gasteiger partial charge in [0.25, 0.3) is 5.91 Å². The second-order valence-corrected chi connectivity index (χ2v) is 4.99. The van der Waals surface area contributed by atoms with E-state index in [1.165, 1.54) is 0 Å². The Hall–Kier alpha value is -3.02. The monoisotopic (exact) mass is 342 g/mol. The van der Waals surface area contributed by atoms with Crippen LogP contribution in [0.15, 0.2) is 53.6 Å². The highest BCUT2D eigenvalue weighted by atomic mass is 16.5. The molecule has 25 heavy (non-hydrogen) atoms. The molecule has 0 aliphatic rings. The van der Waals surface area contributed by atoms with Crippen LogP contribution in [0.2, 0.25) is 0 Å². The Labute approximate surface area is 147 Å². The molecule has 2 aromatic carbocycles. The average molecular weight is 342 g/mol. The van der Waals surface area contributed by atoms with Gasteiger partial charge in [-0.3, -0.25) is 4.79 Å². The zero-order valence-corrected chi connectivity index (χ0v) is 14.4. The molecule has 0 aliphatic carbocycles. The van der Waals surface area contributed by atoms with Crippen LogP contribution >= 0.6 is 0 Å². The zero-order valence-electron chi connectivity index (χ0n) is 14.4. The maximum Gasteiger partial charge on any atom is 0.277 e. The lowest BCUT2D eigenvalue weighted by Gasteiger charge is -2.07. The topological polar surface area (TPSA) is 69.2 Å². The molecular formula is C19H22N2O4. The van der Waals surface area contributed by atoms with Gasteiger partial charge in [0.15, 0.2) is 6.61 Å². The molecule has 0 saturated carbocycles. The number of hydrazone groups is 1. The van der Waals surface area contributed by atoms with E-state index in [1.807, 2.05) is 38.1 Å². The summed E-state index contributed by atoms with van der Waals surface area (Å²) in [6.45, 7) is 4.92. The van der Waals surface area contributed by atoms with Crippen LogP contribution in [0.1, 0.15) is 19.4 Å². The van der Waals surface area contributed by atoms with Gasteiger partial charge in [0.05, 0.1) is 19.4 Å². The first-order valence-electron chi connectivity index (χ1n) is 8.11. The Bertz CT molecular complexity index is 699. The standard InChI is InChI=1S/C19H22N2O4/c1-3-23-16-8-10-17(11-9-16)25-14-19(22)21-20-13-15-6-5-7-18(12-15)24-4-2/h5-13H,3-4,14H2,1-2H3,(H,21,22)/b20-13-. The summed E-state index contributed by atoms with van der Waals surface area (Å²) >= 11 is 0. The number of rotatable bonds is 9. The Morgan fingerprint density at radius 3 is 2.28 bits per heavy atom. The molecule has 0 heterocycles. The maximum absolute atomic E-state index is 11.7. The predicted molar refractivity (Wildman–Crippen MR) is 96.5 cm³/mol. The summed E-state index contributed by atoms with van der Waals surface area (Å²) in [6, 6.07) is 14.5. The van der Waals surface area contributed by atoms with Crippen molar-refractivity contribution in [2.45, 2.75) is 13.8 Å². The molecule has 6 nitrogen and oxygen atoms in total. The van der Waals surface area contributed by atoms with Crippen LogP contribution in [0.3, 0.4) is 0 Å². The summed E-state index contributed by atoms with van der Waals surface area (Å²) in [7, 11) is 0. The van der Waals surface area contributed by atoms with Crippen molar-refractivity contribution in [3.8, 4) is 17.2 Å². The smallest absolute Gasteiger partial charge is 0.277 e. The fourth-order valence-corrected chi connectivity index (χ4v) is 2.01. The summed E-state index contributed by atoms with van der Waals surface area (Å²) < 4.78 is 16.1. The molecule has 0 aromatic heterocycles. The van der Waals surface area contributed by atoms with E-state index in [4.69, 9.17) is 14.2 Å². The number of nitrogens with zero attached hydrogens (tertiary/aromatic N) is 1. The Morgan fingerprint density at radius 1 is 0.960 bits per heavy atom. The Morgan fingerprint density at radius 2 is 1.60 bits per heavy atom. The molecule has 0 unspecified atom stereocenters. The van der Waals surface area contributed by atoms with E-state index in [2.05, 4.69) is 10.5 Å². The molecule has 6 heteroatoms. The number of amides is 1. The van der Waals surface area contributed by atoms with Crippen molar-refractivity contribution in [3.05, 3.63) is 54.1 Å². The predicted octanol–water partition coefficient (Wildman–Crippen LogP) is 3.01. The normalized spacial score (nSPS) is 10.5. The van der Waals surface area contributed by atoms with E-state index in [0.29, 0.717) is 19.0 Å². The average Bonchev–Trinajstić information content (AvgIpc) is 2.62. The van der Waals surface area contributed by atoms with Crippen LogP contribution in [0.5, 0.6) is 17.2 Å². The van der Waals surface area contributed by atoms with Gasteiger partial charge in [-0.2, -0.15) is 5.10 Å². The third kappa shape index (κ3) is 6.55. The second-order valence-electron chi connectivity index (χ2n) is 4.99. The fraction of sp³-hybridized carbons (Fsp3) is 0.263. The van der Waals surface area contributed by atoms with Crippen molar-refractivity contribution >= 4 is 12.1 Å². The molecule has 132 valence electrons. The molecule has 0 bridgehead atoms. The van der Waals surface area contributed by atoms with Crippen molar-refractivity contribution in [1.29, 1.82) is 0 Å². The third-order valence-electron chi connectivity index (χ3n) is 3.08. The molecule has 2 rings (SSSR count). The minimum Gasteiger partial charge on any atom is -0.494 e. The lowest BCUT2D eigenvalue weighted by atomic mass is 10.2. The van der Waals surface area contributed by atoms with Crippen molar-refractivity contribution in [3.63, 3.8) is 0 Å². The molecule has 0 saturated heterocycles. The van der Waals surface area contributed by atoms with Crippen LogP contribution in [0, 0.1) is 0 Å². The minimum atomic E-state index is -0.342. The molecule has 1 N–H and O–H groups in total. The lowest BCUT2D eigenvalue weighted by Crippen LogP contribution is -2.24. The molecular weight excluding hydrogens is 320 g/mol. The van der Waals surface area contributed by atoms with Crippen molar-refractivity contribution in [2.75, 3.05) is 19.8 Å². The molecule has 1 amide bonds. The summed E-state index contributed by atoms with van der Waals surface area (Å²) in [5.41, 5.74) is 3.26. The van der Waals surface area contributed by atoms with Crippen molar-refractivity contribution in [1.82, 2.24) is 5.43 Å². The SMILES string of the molecule is CCOc1ccc(OCC(=O)N/N=C\c2cccc(OCC)c2)cc1. The Balaban J connectivity index is 1.77. The Kier molecular flexibility index (Phi) is 7.31. The van der Waals surface area contributed by atoms with Gasteiger partial charge in [0, 0.05) is 0 Å². The molecule has 0 spiro atoms. The molecule has 0 radical (unpaired) electrons. The molecule has 0 fully saturated rings. The number of hydrogen-bond donors (Lipinski definition) is 1. The number of carbonyl (C=O) groups is 1. The minimum absolute atomic E-state index is 0.121. The number of ether oxygens (including phenoxy) is 3. The van der Waals surface area contributed by atoms with Crippen molar-refractivity contribution < 1.29 is 19.0 Å². The van der Waals surface area contributed by atoms with Gasteiger partial charge in [-0.25, -0.2) is 5.43 Å². The van der Waals surface area contributed by atoms with Gasteiger partial charge in [-0.05, 0) is 55.8 Å². The van der Waals surface area contributed by atoms with Crippen LogP contribution in [-0.4, -0.2) is 31.9 Å². The summed E-state index contributed by atoms with van der Waals surface area (Å²) in [5.74, 6) is 1.77. The highest BCUT2D eigenvalue weighted by Crippen LogP contribution is 2.17. The highest BCUT2D eigenvalue weighted by Gasteiger charge is 2.02. The van der Waals surface area contributed by atoms with E-state index in [9.17, 15) is 4.79 Å². The fourth-order valence-electron chi connectivity index (χ4n) is 2.01. The number of hydrogen-bond acceptors (Lipinski definition) is 5.